The number of aliphatic hydroxyl groups excluding tert-OH is 1. The fourth-order valence-electron chi connectivity index (χ4n) is 7.72. The lowest BCUT2D eigenvalue weighted by Crippen LogP contribution is -2.45. The van der Waals surface area contributed by atoms with E-state index in [2.05, 4.69) is 55.6 Å². The van der Waals surface area contributed by atoms with Crippen LogP contribution in [0.5, 0.6) is 0 Å². The highest BCUT2D eigenvalue weighted by Gasteiger charge is 2.27. The Morgan fingerprint density at radius 1 is 0.516 bits per heavy atom. The van der Waals surface area contributed by atoms with Gasteiger partial charge in [-0.2, -0.15) is 0 Å². The van der Waals surface area contributed by atoms with Gasteiger partial charge in [0.25, 0.3) is 0 Å². The first-order chi connectivity index (χ1) is 31.0. The monoisotopic (exact) mass is 922 g/mol. The van der Waals surface area contributed by atoms with Crippen LogP contribution in [-0.4, -0.2) is 73.4 Å². The van der Waals surface area contributed by atoms with E-state index < -0.39 is 20.0 Å². The largest absolute Gasteiger partial charge is 0.472 e. The summed E-state index contributed by atoms with van der Waals surface area (Å²) in [5.74, 6) is -0.190. The summed E-state index contributed by atoms with van der Waals surface area (Å²) < 4.78 is 23.6. The summed E-state index contributed by atoms with van der Waals surface area (Å²) >= 11 is 0. The molecule has 0 rings (SSSR count). The topological polar surface area (TPSA) is 105 Å². The van der Waals surface area contributed by atoms with Gasteiger partial charge in [0.1, 0.15) is 13.2 Å². The zero-order chi connectivity index (χ0) is 47.1. The van der Waals surface area contributed by atoms with Crippen LogP contribution in [0.15, 0.2) is 48.6 Å². The summed E-state index contributed by atoms with van der Waals surface area (Å²) in [6, 6.07) is -0.868. The van der Waals surface area contributed by atoms with Gasteiger partial charge in [0.05, 0.1) is 39.9 Å². The lowest BCUT2D eigenvalue weighted by Gasteiger charge is -2.25. The first-order valence-corrected chi connectivity index (χ1v) is 28.5. The number of unbranched alkanes of at least 4 members (excludes halogenated alkanes) is 30. The van der Waals surface area contributed by atoms with E-state index in [-0.39, 0.29) is 19.1 Å². The third kappa shape index (κ3) is 48.4. The molecule has 0 fully saturated rings. The molecule has 8 nitrogen and oxygen atoms in total. The molecule has 1 amide bonds. The number of phosphoric acid groups is 1. The lowest BCUT2D eigenvalue weighted by molar-refractivity contribution is -0.870. The molecule has 64 heavy (non-hydrogen) atoms. The van der Waals surface area contributed by atoms with Gasteiger partial charge in [-0.15, -0.1) is 0 Å². The van der Waals surface area contributed by atoms with E-state index in [9.17, 15) is 19.4 Å². The molecule has 3 N–H and O–H groups in total. The summed E-state index contributed by atoms with van der Waals surface area (Å²) in [6.07, 6.45) is 60.8. The Kier molecular flexibility index (Phi) is 45.4. The normalized spacial score (nSPS) is 14.4. The van der Waals surface area contributed by atoms with Crippen molar-refractivity contribution in [3.05, 3.63) is 48.6 Å². The molecule has 0 aliphatic carbocycles. The lowest BCUT2D eigenvalue weighted by atomic mass is 10.0. The molecule has 3 unspecified atom stereocenters. The van der Waals surface area contributed by atoms with E-state index in [4.69, 9.17) is 9.05 Å². The van der Waals surface area contributed by atoms with Crippen LogP contribution in [-0.2, 0) is 18.4 Å². The molecule has 3 atom stereocenters. The maximum atomic E-state index is 12.9. The summed E-state index contributed by atoms with van der Waals surface area (Å²) in [6.45, 7) is 4.76. The van der Waals surface area contributed by atoms with E-state index in [0.717, 1.165) is 51.4 Å². The molecule has 0 radical (unpaired) electrons. The third-order valence-electron chi connectivity index (χ3n) is 12.0. The predicted molar refractivity (Wildman–Crippen MR) is 277 cm³/mol. The number of hydrogen-bond donors (Lipinski definition) is 3. The highest BCUT2D eigenvalue weighted by Crippen LogP contribution is 2.43. The van der Waals surface area contributed by atoms with E-state index >= 15 is 0 Å². The van der Waals surface area contributed by atoms with Crippen molar-refractivity contribution in [1.82, 2.24) is 5.32 Å². The van der Waals surface area contributed by atoms with Gasteiger partial charge in [0.2, 0.25) is 5.91 Å². The van der Waals surface area contributed by atoms with Crippen LogP contribution in [0.25, 0.3) is 0 Å². The molecule has 0 spiro atoms. The number of allylic oxidation sites excluding steroid dienone is 7. The van der Waals surface area contributed by atoms with E-state index in [1.54, 1.807) is 6.08 Å². The Morgan fingerprint density at radius 2 is 0.859 bits per heavy atom. The quantitative estimate of drug-likeness (QED) is 0.0243. The number of aliphatic hydroxyl groups is 1. The zero-order valence-corrected chi connectivity index (χ0v) is 43.7. The highest BCUT2D eigenvalue weighted by molar-refractivity contribution is 7.47. The summed E-state index contributed by atoms with van der Waals surface area (Å²) in [7, 11) is 1.55. The fraction of sp³-hybridized carbons (Fsp3) is 0.836. The van der Waals surface area contributed by atoms with Crippen LogP contribution in [0.2, 0.25) is 0 Å². The van der Waals surface area contributed by atoms with Crippen LogP contribution >= 0.6 is 7.82 Å². The number of phosphoric ester groups is 1. The minimum absolute atomic E-state index is 0.0535. The van der Waals surface area contributed by atoms with Gasteiger partial charge in [-0.05, 0) is 70.6 Å². The van der Waals surface area contributed by atoms with Gasteiger partial charge < -0.3 is 19.8 Å². The first-order valence-electron chi connectivity index (χ1n) is 27.0. The summed E-state index contributed by atoms with van der Waals surface area (Å²) in [5, 5.41) is 13.8. The molecule has 0 saturated heterocycles. The molecule has 0 aromatic carbocycles. The van der Waals surface area contributed by atoms with Crippen molar-refractivity contribution in [1.29, 1.82) is 0 Å². The van der Waals surface area contributed by atoms with E-state index in [1.165, 1.54) is 173 Å². The molecule has 9 heteroatoms. The number of nitrogens with zero attached hydrogens (tertiary/aromatic N) is 1. The summed E-state index contributed by atoms with van der Waals surface area (Å²) in [4.78, 5) is 23.2. The number of nitrogens with one attached hydrogen (secondary N) is 1. The van der Waals surface area contributed by atoms with Crippen molar-refractivity contribution in [3.63, 3.8) is 0 Å². The van der Waals surface area contributed by atoms with Crippen molar-refractivity contribution >= 4 is 13.7 Å². The number of carbonyl (C=O) groups excluding carboxylic acids is 1. The molecule has 0 aromatic heterocycles. The van der Waals surface area contributed by atoms with Crippen LogP contribution < -0.4 is 5.32 Å². The second kappa shape index (κ2) is 46.6. The predicted octanol–water partition coefficient (Wildman–Crippen LogP) is 16.0. The average molecular weight is 922 g/mol. The van der Waals surface area contributed by atoms with E-state index in [1.807, 2.05) is 27.2 Å². The van der Waals surface area contributed by atoms with Crippen molar-refractivity contribution in [2.45, 2.75) is 257 Å². The molecule has 0 aliphatic heterocycles. The van der Waals surface area contributed by atoms with Crippen LogP contribution in [0, 0.1) is 0 Å². The zero-order valence-electron chi connectivity index (χ0n) is 42.8. The molecular weight excluding hydrogens is 816 g/mol. The average Bonchev–Trinajstić information content (AvgIpc) is 3.25. The fourth-order valence-corrected chi connectivity index (χ4v) is 8.45. The van der Waals surface area contributed by atoms with Crippen LogP contribution in [0.1, 0.15) is 245 Å². The molecule has 0 bridgehead atoms. The van der Waals surface area contributed by atoms with Gasteiger partial charge in [-0.3, -0.25) is 13.8 Å². The Bertz CT molecular complexity index is 1180. The SMILES string of the molecule is CCCCC/C=C/CC/C=C/CC/C=C/C(O)C(COP(=O)(O)OCC[N+](C)(C)C)NC(=O)CCCCCCCCCCCCCCCCCCC/C=C\CCCCCCCCCC. The van der Waals surface area contributed by atoms with Gasteiger partial charge in [-0.1, -0.05) is 217 Å². The molecule has 0 saturated carbocycles. The number of amides is 1. The number of quaternary nitrogens is 1. The van der Waals surface area contributed by atoms with Gasteiger partial charge >= 0.3 is 7.82 Å². The van der Waals surface area contributed by atoms with Crippen molar-refractivity contribution in [2.24, 2.45) is 0 Å². The Balaban J connectivity index is 4.12. The molecule has 0 aliphatic rings. The Labute approximate surface area is 397 Å². The van der Waals surface area contributed by atoms with Gasteiger partial charge in [-0.25, -0.2) is 4.57 Å². The second-order valence-electron chi connectivity index (χ2n) is 19.6. The Hall–Kier alpha value is -1.54. The Morgan fingerprint density at radius 3 is 1.28 bits per heavy atom. The first kappa shape index (κ1) is 62.5. The maximum absolute atomic E-state index is 12.9. The van der Waals surface area contributed by atoms with Crippen molar-refractivity contribution < 1.29 is 32.9 Å². The number of rotatable bonds is 49. The standard InChI is InChI=1S/C55H105N2O6P/c1-6-8-10-12-14-16-18-20-21-22-23-24-25-26-27-28-29-30-31-32-33-34-35-37-39-41-43-45-47-49-55(59)56-53(52-63-64(60,61)62-51-50-57(3,4)5)54(58)48-46-44-42-40-38-36-19-17-15-13-11-9-7-2/h15,17,22-23,38,40,46,48,53-54,58H,6-14,16,18-21,24-37,39,41-45,47,49-52H2,1-5H3,(H-,56,59,60,61)/p+1/b17-15+,23-22-,40-38+,48-46+. The smallest absolute Gasteiger partial charge is 0.387 e. The van der Waals surface area contributed by atoms with Crippen molar-refractivity contribution in [2.75, 3.05) is 40.9 Å². The number of hydrogen-bond acceptors (Lipinski definition) is 5. The van der Waals surface area contributed by atoms with Crippen LogP contribution in [0.4, 0.5) is 0 Å². The molecule has 376 valence electrons. The van der Waals surface area contributed by atoms with Gasteiger partial charge in [0.15, 0.2) is 0 Å². The molecule has 0 aromatic rings. The maximum Gasteiger partial charge on any atom is 0.472 e. The molecule has 0 heterocycles. The minimum Gasteiger partial charge on any atom is -0.387 e. The van der Waals surface area contributed by atoms with E-state index in [0.29, 0.717) is 17.4 Å². The highest BCUT2D eigenvalue weighted by atomic mass is 31.2. The van der Waals surface area contributed by atoms with Crippen molar-refractivity contribution in [3.8, 4) is 0 Å². The number of carbonyl (C=O) groups is 1. The number of likely N-dealkylation sites (N-methyl/N-ethyl adjacent to an activating group) is 1. The summed E-state index contributed by atoms with van der Waals surface area (Å²) in [5.41, 5.74) is 0. The van der Waals surface area contributed by atoms with Gasteiger partial charge in [0, 0.05) is 6.42 Å². The third-order valence-corrected chi connectivity index (χ3v) is 13.0. The second-order valence-corrected chi connectivity index (χ2v) is 21.0. The van der Waals surface area contributed by atoms with Crippen LogP contribution in [0.3, 0.4) is 0 Å². The molecular formula is C55H106N2O6P+. The minimum atomic E-state index is -4.35.